The molecular formula is C10H9Br2NO. The standard InChI is InChI=1S/C10H9Br2NO/c1-7-2-4-8(5-3-7)13-10(14)9(12)6-11/h2-6H,1H3,(H,13,14). The smallest absolute Gasteiger partial charge is 0.263 e. The van der Waals surface area contributed by atoms with Crippen LogP contribution in [0.25, 0.3) is 0 Å². The minimum absolute atomic E-state index is 0.175. The lowest BCUT2D eigenvalue weighted by Gasteiger charge is -2.03. The van der Waals surface area contributed by atoms with Crippen molar-refractivity contribution in [1.82, 2.24) is 0 Å². The molecule has 0 spiro atoms. The zero-order valence-corrected chi connectivity index (χ0v) is 10.7. The van der Waals surface area contributed by atoms with Gasteiger partial charge in [-0.15, -0.1) is 0 Å². The molecule has 0 saturated carbocycles. The molecular weight excluding hydrogens is 310 g/mol. The predicted molar refractivity (Wildman–Crippen MR) is 65.7 cm³/mol. The Morgan fingerprint density at radius 2 is 1.93 bits per heavy atom. The van der Waals surface area contributed by atoms with Gasteiger partial charge in [0.15, 0.2) is 0 Å². The Bertz CT molecular complexity index is 357. The second-order valence-electron chi connectivity index (χ2n) is 2.78. The van der Waals surface area contributed by atoms with E-state index in [1.165, 1.54) is 4.99 Å². The van der Waals surface area contributed by atoms with Crippen molar-refractivity contribution in [3.05, 3.63) is 39.3 Å². The van der Waals surface area contributed by atoms with Gasteiger partial charge in [-0.3, -0.25) is 4.79 Å². The summed E-state index contributed by atoms with van der Waals surface area (Å²) >= 11 is 6.19. The van der Waals surface area contributed by atoms with Crippen molar-refractivity contribution in [2.75, 3.05) is 5.32 Å². The van der Waals surface area contributed by atoms with E-state index in [2.05, 4.69) is 37.2 Å². The monoisotopic (exact) mass is 317 g/mol. The number of hydrogen-bond donors (Lipinski definition) is 1. The van der Waals surface area contributed by atoms with Crippen molar-refractivity contribution in [3.63, 3.8) is 0 Å². The molecule has 1 N–H and O–H groups in total. The Morgan fingerprint density at radius 3 is 2.43 bits per heavy atom. The third-order valence-electron chi connectivity index (χ3n) is 1.62. The van der Waals surface area contributed by atoms with E-state index in [-0.39, 0.29) is 5.91 Å². The fourth-order valence-electron chi connectivity index (χ4n) is 0.877. The average Bonchev–Trinajstić information content (AvgIpc) is 2.20. The molecule has 0 aliphatic heterocycles. The van der Waals surface area contributed by atoms with Gasteiger partial charge in [0.05, 0.1) is 4.48 Å². The van der Waals surface area contributed by atoms with Gasteiger partial charge in [-0.1, -0.05) is 33.6 Å². The zero-order valence-electron chi connectivity index (χ0n) is 7.55. The fraction of sp³-hybridized carbons (Fsp3) is 0.100. The minimum Gasteiger partial charge on any atom is -0.322 e. The van der Waals surface area contributed by atoms with Crippen LogP contribution in [0.3, 0.4) is 0 Å². The molecule has 1 rings (SSSR count). The molecule has 0 unspecified atom stereocenters. The van der Waals surface area contributed by atoms with Crippen molar-refractivity contribution in [2.24, 2.45) is 0 Å². The van der Waals surface area contributed by atoms with E-state index >= 15 is 0 Å². The summed E-state index contributed by atoms with van der Waals surface area (Å²) in [5, 5.41) is 2.74. The molecule has 0 bridgehead atoms. The van der Waals surface area contributed by atoms with Crippen LogP contribution in [0.1, 0.15) is 5.56 Å². The van der Waals surface area contributed by atoms with Gasteiger partial charge >= 0.3 is 0 Å². The Morgan fingerprint density at radius 1 is 1.36 bits per heavy atom. The topological polar surface area (TPSA) is 29.1 Å². The highest BCUT2D eigenvalue weighted by atomic mass is 79.9. The highest BCUT2D eigenvalue weighted by Crippen LogP contribution is 2.13. The van der Waals surface area contributed by atoms with Gasteiger partial charge in [-0.25, -0.2) is 0 Å². The lowest BCUT2D eigenvalue weighted by atomic mass is 10.2. The maximum absolute atomic E-state index is 11.4. The molecule has 4 heteroatoms. The molecule has 0 aromatic heterocycles. The summed E-state index contributed by atoms with van der Waals surface area (Å²) in [4.78, 5) is 12.9. The van der Waals surface area contributed by atoms with Crippen molar-refractivity contribution < 1.29 is 4.79 Å². The SMILES string of the molecule is Cc1ccc(NC(=O)C(Br)=CBr)cc1. The summed E-state index contributed by atoms with van der Waals surface area (Å²) in [5.74, 6) is -0.175. The zero-order chi connectivity index (χ0) is 10.6. The normalized spacial score (nSPS) is 11.2. The van der Waals surface area contributed by atoms with Crippen LogP contribution >= 0.6 is 31.9 Å². The molecule has 0 atom stereocenters. The second kappa shape index (κ2) is 5.32. The van der Waals surface area contributed by atoms with Crippen LogP contribution in [-0.4, -0.2) is 5.91 Å². The first-order chi connectivity index (χ1) is 6.63. The lowest BCUT2D eigenvalue weighted by Crippen LogP contribution is -2.10. The Balaban J connectivity index is 2.70. The van der Waals surface area contributed by atoms with Crippen LogP contribution in [-0.2, 0) is 4.79 Å². The van der Waals surface area contributed by atoms with E-state index in [9.17, 15) is 4.79 Å². The first-order valence-electron chi connectivity index (χ1n) is 3.97. The van der Waals surface area contributed by atoms with Crippen LogP contribution < -0.4 is 5.32 Å². The van der Waals surface area contributed by atoms with Crippen molar-refractivity contribution in [2.45, 2.75) is 6.92 Å². The molecule has 0 saturated heterocycles. The van der Waals surface area contributed by atoms with Gasteiger partial charge in [0.2, 0.25) is 0 Å². The van der Waals surface area contributed by atoms with Crippen molar-refractivity contribution >= 4 is 43.5 Å². The molecule has 1 aromatic carbocycles. The first-order valence-corrected chi connectivity index (χ1v) is 5.68. The number of rotatable bonds is 2. The molecule has 2 nitrogen and oxygen atoms in total. The van der Waals surface area contributed by atoms with Gasteiger partial charge in [0.25, 0.3) is 5.91 Å². The average molecular weight is 319 g/mol. The van der Waals surface area contributed by atoms with Gasteiger partial charge < -0.3 is 5.32 Å². The molecule has 74 valence electrons. The molecule has 0 heterocycles. The number of benzene rings is 1. The van der Waals surface area contributed by atoms with Crippen LogP contribution in [0.4, 0.5) is 5.69 Å². The molecule has 0 fully saturated rings. The van der Waals surface area contributed by atoms with Crippen LogP contribution in [0.5, 0.6) is 0 Å². The lowest BCUT2D eigenvalue weighted by molar-refractivity contribution is -0.112. The largest absolute Gasteiger partial charge is 0.322 e. The molecule has 1 amide bonds. The van der Waals surface area contributed by atoms with Crippen LogP contribution in [0.2, 0.25) is 0 Å². The Labute approximate surface area is 99.6 Å². The third kappa shape index (κ3) is 3.27. The fourth-order valence-corrected chi connectivity index (χ4v) is 1.18. The number of carbonyl (C=O) groups is 1. The van der Waals surface area contributed by atoms with Gasteiger partial charge in [0, 0.05) is 10.7 Å². The second-order valence-corrected chi connectivity index (χ2v) is 4.09. The van der Waals surface area contributed by atoms with Gasteiger partial charge in [-0.05, 0) is 35.0 Å². The molecule has 0 aliphatic carbocycles. The van der Waals surface area contributed by atoms with E-state index < -0.39 is 0 Å². The van der Waals surface area contributed by atoms with E-state index in [0.717, 1.165) is 11.3 Å². The number of halogens is 2. The summed E-state index contributed by atoms with van der Waals surface area (Å²) in [6.45, 7) is 2.00. The van der Waals surface area contributed by atoms with Crippen molar-refractivity contribution in [1.29, 1.82) is 0 Å². The Hall–Kier alpha value is -0.610. The summed E-state index contributed by atoms with van der Waals surface area (Å²) in [6.07, 6.45) is 0. The number of nitrogens with one attached hydrogen (secondary N) is 1. The van der Waals surface area contributed by atoms with Crippen LogP contribution in [0, 0.1) is 6.92 Å². The summed E-state index contributed by atoms with van der Waals surface area (Å²) in [6, 6.07) is 7.62. The molecule has 14 heavy (non-hydrogen) atoms. The van der Waals surface area contributed by atoms with Crippen molar-refractivity contribution in [3.8, 4) is 0 Å². The minimum atomic E-state index is -0.175. The predicted octanol–water partition coefficient (Wildman–Crippen LogP) is 3.56. The number of anilines is 1. The third-order valence-corrected chi connectivity index (χ3v) is 3.28. The van der Waals surface area contributed by atoms with E-state index in [4.69, 9.17) is 0 Å². The summed E-state index contributed by atoms with van der Waals surface area (Å²) in [7, 11) is 0. The number of aryl methyl sites for hydroxylation is 1. The number of carbonyl (C=O) groups excluding carboxylic acids is 1. The Kier molecular flexibility index (Phi) is 4.35. The molecule has 0 aliphatic rings. The van der Waals surface area contributed by atoms with Gasteiger partial charge in [0.1, 0.15) is 0 Å². The number of hydrogen-bond acceptors (Lipinski definition) is 1. The summed E-state index contributed by atoms with van der Waals surface area (Å²) in [5.41, 5.74) is 1.95. The van der Waals surface area contributed by atoms with E-state index in [1.54, 1.807) is 0 Å². The van der Waals surface area contributed by atoms with Crippen LogP contribution in [0.15, 0.2) is 33.7 Å². The highest BCUT2D eigenvalue weighted by Gasteiger charge is 2.04. The number of amides is 1. The quantitative estimate of drug-likeness (QED) is 0.830. The summed E-state index contributed by atoms with van der Waals surface area (Å²) < 4.78 is 0.457. The molecule has 0 radical (unpaired) electrons. The van der Waals surface area contributed by atoms with Gasteiger partial charge in [-0.2, -0.15) is 0 Å². The van der Waals surface area contributed by atoms with E-state index in [1.807, 2.05) is 31.2 Å². The maximum atomic E-state index is 11.4. The highest BCUT2D eigenvalue weighted by molar-refractivity contribution is 9.14. The first kappa shape index (κ1) is 11.5. The maximum Gasteiger partial charge on any atom is 0.263 e. The molecule has 1 aromatic rings. The van der Waals surface area contributed by atoms with E-state index in [0.29, 0.717) is 4.48 Å².